The Hall–Kier alpha value is -1.60. The van der Waals surface area contributed by atoms with Crippen LogP contribution in [-0.4, -0.2) is 0 Å². The van der Waals surface area contributed by atoms with E-state index in [-0.39, 0.29) is 6.04 Å². The van der Waals surface area contributed by atoms with Crippen molar-refractivity contribution < 1.29 is 0 Å². The summed E-state index contributed by atoms with van der Waals surface area (Å²) in [4.78, 5) is 0. The molecule has 0 aliphatic rings. The zero-order valence-electron chi connectivity index (χ0n) is 12.8. The monoisotopic (exact) mass is 267 g/mol. The fourth-order valence-corrected chi connectivity index (χ4v) is 2.53. The van der Waals surface area contributed by atoms with Crippen LogP contribution in [0.4, 0.5) is 0 Å². The van der Waals surface area contributed by atoms with Crippen LogP contribution in [0.5, 0.6) is 0 Å². The van der Waals surface area contributed by atoms with Crippen molar-refractivity contribution in [2.75, 3.05) is 0 Å². The van der Waals surface area contributed by atoms with Gasteiger partial charge in [-0.25, -0.2) is 0 Å². The molecule has 0 heterocycles. The molecule has 1 heteroatoms. The van der Waals surface area contributed by atoms with E-state index in [1.807, 2.05) is 0 Å². The molecule has 0 spiro atoms. The summed E-state index contributed by atoms with van der Waals surface area (Å²) in [5.74, 6) is 0.685. The van der Waals surface area contributed by atoms with Gasteiger partial charge >= 0.3 is 0 Å². The molecule has 2 rings (SSSR count). The van der Waals surface area contributed by atoms with Crippen molar-refractivity contribution in [1.29, 1.82) is 0 Å². The number of benzene rings is 2. The predicted octanol–water partition coefficient (Wildman–Crippen LogP) is 4.96. The molecule has 2 aromatic carbocycles. The van der Waals surface area contributed by atoms with Gasteiger partial charge in [-0.3, -0.25) is 0 Å². The standard InChI is InChI=1S/C19H25N/c1-4-19(20)18-10-6-9-17(13-18)16-8-5-7-15(12-16)11-14(2)3/h5-10,12-14,19H,4,11,20H2,1-3H3. The van der Waals surface area contributed by atoms with Gasteiger partial charge in [-0.2, -0.15) is 0 Å². The van der Waals surface area contributed by atoms with Crippen LogP contribution in [-0.2, 0) is 6.42 Å². The van der Waals surface area contributed by atoms with Crippen molar-refractivity contribution in [3.8, 4) is 11.1 Å². The number of nitrogens with two attached hydrogens (primary N) is 1. The minimum absolute atomic E-state index is 0.133. The summed E-state index contributed by atoms with van der Waals surface area (Å²) >= 11 is 0. The zero-order chi connectivity index (χ0) is 14.5. The van der Waals surface area contributed by atoms with Crippen molar-refractivity contribution >= 4 is 0 Å². The Morgan fingerprint density at radius 2 is 1.60 bits per heavy atom. The van der Waals surface area contributed by atoms with Gasteiger partial charge in [0, 0.05) is 6.04 Å². The van der Waals surface area contributed by atoms with Crippen LogP contribution in [0, 0.1) is 5.92 Å². The third-order valence-electron chi connectivity index (χ3n) is 3.66. The molecule has 0 saturated carbocycles. The van der Waals surface area contributed by atoms with E-state index < -0.39 is 0 Å². The molecule has 20 heavy (non-hydrogen) atoms. The lowest BCUT2D eigenvalue weighted by atomic mass is 9.95. The number of hydrogen-bond acceptors (Lipinski definition) is 1. The fraction of sp³-hybridized carbons (Fsp3) is 0.368. The second kappa shape index (κ2) is 6.71. The van der Waals surface area contributed by atoms with E-state index in [1.165, 1.54) is 22.3 Å². The van der Waals surface area contributed by atoms with Crippen LogP contribution in [0.3, 0.4) is 0 Å². The van der Waals surface area contributed by atoms with E-state index in [4.69, 9.17) is 5.73 Å². The molecule has 0 saturated heterocycles. The molecular formula is C19H25N. The first-order valence-electron chi connectivity index (χ1n) is 7.55. The number of hydrogen-bond donors (Lipinski definition) is 1. The van der Waals surface area contributed by atoms with Crippen molar-refractivity contribution in [2.45, 2.75) is 39.7 Å². The topological polar surface area (TPSA) is 26.0 Å². The Morgan fingerprint density at radius 1 is 0.950 bits per heavy atom. The first kappa shape index (κ1) is 14.8. The van der Waals surface area contributed by atoms with Gasteiger partial charge in [0.1, 0.15) is 0 Å². The Balaban J connectivity index is 2.31. The average Bonchev–Trinajstić information content (AvgIpc) is 2.46. The number of rotatable bonds is 5. The zero-order valence-corrected chi connectivity index (χ0v) is 12.8. The Labute approximate surface area is 122 Å². The molecule has 1 nitrogen and oxygen atoms in total. The van der Waals surface area contributed by atoms with Crippen LogP contribution < -0.4 is 5.73 Å². The molecule has 0 amide bonds. The van der Waals surface area contributed by atoms with E-state index in [9.17, 15) is 0 Å². The van der Waals surface area contributed by atoms with Gasteiger partial charge in [0.2, 0.25) is 0 Å². The molecule has 1 atom stereocenters. The third kappa shape index (κ3) is 3.71. The molecule has 2 aromatic rings. The normalized spacial score (nSPS) is 12.7. The van der Waals surface area contributed by atoms with Crippen LogP contribution in [0.15, 0.2) is 48.5 Å². The Bertz CT molecular complexity index is 557. The summed E-state index contributed by atoms with van der Waals surface area (Å²) in [5.41, 5.74) is 11.3. The summed E-state index contributed by atoms with van der Waals surface area (Å²) in [6.45, 7) is 6.64. The minimum atomic E-state index is 0.133. The average molecular weight is 267 g/mol. The second-order valence-corrected chi connectivity index (χ2v) is 5.94. The van der Waals surface area contributed by atoms with Gasteiger partial charge in [-0.1, -0.05) is 63.2 Å². The SMILES string of the molecule is CCC(N)c1cccc(-c2cccc(CC(C)C)c2)c1. The van der Waals surface area contributed by atoms with Gasteiger partial charge in [0.15, 0.2) is 0 Å². The molecule has 0 radical (unpaired) electrons. The lowest BCUT2D eigenvalue weighted by Gasteiger charge is -2.12. The van der Waals surface area contributed by atoms with E-state index in [0.717, 1.165) is 12.8 Å². The summed E-state index contributed by atoms with van der Waals surface area (Å²) in [6, 6.07) is 17.6. The first-order valence-corrected chi connectivity index (χ1v) is 7.55. The highest BCUT2D eigenvalue weighted by molar-refractivity contribution is 5.65. The molecule has 0 fully saturated rings. The lowest BCUT2D eigenvalue weighted by molar-refractivity contribution is 0.647. The maximum Gasteiger partial charge on any atom is 0.0292 e. The second-order valence-electron chi connectivity index (χ2n) is 5.94. The van der Waals surface area contributed by atoms with Crippen molar-refractivity contribution in [3.05, 3.63) is 59.7 Å². The van der Waals surface area contributed by atoms with Gasteiger partial charge < -0.3 is 5.73 Å². The molecule has 0 aliphatic heterocycles. The Kier molecular flexibility index (Phi) is 4.97. The molecule has 0 aliphatic carbocycles. The van der Waals surface area contributed by atoms with Gasteiger partial charge in [0.05, 0.1) is 0 Å². The lowest BCUT2D eigenvalue weighted by Crippen LogP contribution is -2.08. The molecule has 2 N–H and O–H groups in total. The third-order valence-corrected chi connectivity index (χ3v) is 3.66. The minimum Gasteiger partial charge on any atom is -0.324 e. The largest absolute Gasteiger partial charge is 0.324 e. The van der Waals surface area contributed by atoms with Crippen molar-refractivity contribution in [2.24, 2.45) is 11.7 Å². The van der Waals surface area contributed by atoms with Gasteiger partial charge in [-0.15, -0.1) is 0 Å². The van der Waals surface area contributed by atoms with Crippen LogP contribution in [0.2, 0.25) is 0 Å². The summed E-state index contributed by atoms with van der Waals surface area (Å²) in [6.07, 6.45) is 2.10. The first-order chi connectivity index (χ1) is 9.60. The highest BCUT2D eigenvalue weighted by atomic mass is 14.6. The van der Waals surface area contributed by atoms with E-state index in [0.29, 0.717) is 5.92 Å². The summed E-state index contributed by atoms with van der Waals surface area (Å²) < 4.78 is 0. The van der Waals surface area contributed by atoms with Crippen molar-refractivity contribution in [1.82, 2.24) is 0 Å². The molecule has 106 valence electrons. The highest BCUT2D eigenvalue weighted by Crippen LogP contribution is 2.25. The van der Waals surface area contributed by atoms with Crippen LogP contribution in [0.1, 0.15) is 44.4 Å². The smallest absolute Gasteiger partial charge is 0.0292 e. The quantitative estimate of drug-likeness (QED) is 0.814. The summed E-state index contributed by atoms with van der Waals surface area (Å²) in [5, 5.41) is 0. The predicted molar refractivity (Wildman–Crippen MR) is 87.6 cm³/mol. The van der Waals surface area contributed by atoms with Gasteiger partial charge in [0.25, 0.3) is 0 Å². The van der Waals surface area contributed by atoms with Crippen LogP contribution >= 0.6 is 0 Å². The summed E-state index contributed by atoms with van der Waals surface area (Å²) in [7, 11) is 0. The van der Waals surface area contributed by atoms with Crippen molar-refractivity contribution in [3.63, 3.8) is 0 Å². The maximum atomic E-state index is 6.14. The maximum absolute atomic E-state index is 6.14. The fourth-order valence-electron chi connectivity index (χ4n) is 2.53. The Morgan fingerprint density at radius 3 is 2.25 bits per heavy atom. The van der Waals surface area contributed by atoms with Crippen LogP contribution in [0.25, 0.3) is 11.1 Å². The molecule has 0 aromatic heterocycles. The van der Waals surface area contributed by atoms with E-state index in [2.05, 4.69) is 69.3 Å². The highest BCUT2D eigenvalue weighted by Gasteiger charge is 2.06. The van der Waals surface area contributed by atoms with Gasteiger partial charge in [-0.05, 0) is 47.1 Å². The molecule has 0 bridgehead atoms. The molecular weight excluding hydrogens is 242 g/mol. The molecule has 1 unspecified atom stereocenters. The van der Waals surface area contributed by atoms with E-state index >= 15 is 0 Å². The van der Waals surface area contributed by atoms with E-state index in [1.54, 1.807) is 0 Å².